The predicted octanol–water partition coefficient (Wildman–Crippen LogP) is 2.73. The number of hydrogen-bond acceptors (Lipinski definition) is 3. The summed E-state index contributed by atoms with van der Waals surface area (Å²) in [6.45, 7) is 4.81. The first-order chi connectivity index (χ1) is 8.15. The number of hydrogen-bond donors (Lipinski definition) is 0. The Labute approximate surface area is 102 Å². The second kappa shape index (κ2) is 4.95. The van der Waals surface area contributed by atoms with Crippen molar-refractivity contribution in [2.75, 3.05) is 11.9 Å². The smallest absolute Gasteiger partial charge is 0.225 e. The van der Waals surface area contributed by atoms with Crippen molar-refractivity contribution in [3.8, 4) is 0 Å². The highest BCUT2D eigenvalue weighted by atomic mass is 15.2. The molecule has 0 amide bonds. The van der Waals surface area contributed by atoms with Crippen LogP contribution in [0.25, 0.3) is 0 Å². The first kappa shape index (κ1) is 11.6. The molecule has 88 valence electrons. The zero-order chi connectivity index (χ0) is 12.3. The molecule has 3 heteroatoms. The normalized spacial score (nSPS) is 10.3. The maximum Gasteiger partial charge on any atom is 0.225 e. The molecule has 0 aliphatic carbocycles. The van der Waals surface area contributed by atoms with Gasteiger partial charge in [-0.15, -0.1) is 0 Å². The van der Waals surface area contributed by atoms with E-state index in [2.05, 4.69) is 27.0 Å². The second-order valence-electron chi connectivity index (χ2n) is 4.29. The summed E-state index contributed by atoms with van der Waals surface area (Å²) >= 11 is 0. The number of rotatable bonds is 3. The number of nitrogens with zero attached hydrogens (tertiary/aromatic N) is 3. The molecule has 1 aromatic carbocycles. The van der Waals surface area contributed by atoms with Gasteiger partial charge in [-0.1, -0.05) is 30.3 Å². The van der Waals surface area contributed by atoms with Crippen LogP contribution in [-0.2, 0) is 6.54 Å². The number of aromatic nitrogens is 2. The molecule has 1 heterocycles. The first-order valence-corrected chi connectivity index (χ1v) is 5.72. The number of benzene rings is 1. The van der Waals surface area contributed by atoms with Gasteiger partial charge in [0, 0.05) is 25.0 Å². The van der Waals surface area contributed by atoms with Crippen LogP contribution in [0.1, 0.15) is 17.0 Å². The van der Waals surface area contributed by atoms with Crippen LogP contribution in [0, 0.1) is 13.8 Å². The summed E-state index contributed by atoms with van der Waals surface area (Å²) in [5.74, 6) is 0.784. The summed E-state index contributed by atoms with van der Waals surface area (Å²) in [5.41, 5.74) is 3.28. The lowest BCUT2D eigenvalue weighted by Gasteiger charge is -2.17. The molecule has 0 saturated carbocycles. The zero-order valence-corrected chi connectivity index (χ0v) is 10.5. The van der Waals surface area contributed by atoms with Crippen molar-refractivity contribution in [2.45, 2.75) is 20.4 Å². The Bertz CT molecular complexity index is 474. The third-order valence-electron chi connectivity index (χ3n) is 2.57. The summed E-state index contributed by atoms with van der Waals surface area (Å²) in [7, 11) is 2.02. The predicted molar refractivity (Wildman–Crippen MR) is 70.1 cm³/mol. The Hall–Kier alpha value is -1.90. The van der Waals surface area contributed by atoms with Crippen LogP contribution < -0.4 is 4.90 Å². The molecule has 0 fully saturated rings. The van der Waals surface area contributed by atoms with E-state index in [1.807, 2.05) is 45.2 Å². The fourth-order valence-electron chi connectivity index (χ4n) is 1.81. The molecular formula is C14H17N3. The monoisotopic (exact) mass is 227 g/mol. The third-order valence-corrected chi connectivity index (χ3v) is 2.57. The molecule has 0 aliphatic heterocycles. The fourth-order valence-corrected chi connectivity index (χ4v) is 1.81. The van der Waals surface area contributed by atoms with E-state index in [1.54, 1.807) is 0 Å². The summed E-state index contributed by atoms with van der Waals surface area (Å²) in [6, 6.07) is 12.3. The molecule has 0 aliphatic rings. The van der Waals surface area contributed by atoms with Crippen molar-refractivity contribution in [3.05, 3.63) is 53.3 Å². The lowest BCUT2D eigenvalue weighted by atomic mass is 10.2. The van der Waals surface area contributed by atoms with Gasteiger partial charge in [-0.05, 0) is 25.5 Å². The minimum atomic E-state index is 0.784. The van der Waals surface area contributed by atoms with E-state index in [-0.39, 0.29) is 0 Å². The molecular weight excluding hydrogens is 210 g/mol. The Balaban J connectivity index is 2.17. The van der Waals surface area contributed by atoms with Crippen LogP contribution >= 0.6 is 0 Å². The van der Waals surface area contributed by atoms with Crippen molar-refractivity contribution < 1.29 is 0 Å². The summed E-state index contributed by atoms with van der Waals surface area (Å²) in [5, 5.41) is 0. The summed E-state index contributed by atoms with van der Waals surface area (Å²) < 4.78 is 0. The SMILES string of the molecule is Cc1cc(C)nc(N(C)Cc2ccccc2)n1. The highest BCUT2D eigenvalue weighted by Crippen LogP contribution is 2.11. The Kier molecular flexibility index (Phi) is 3.38. The molecule has 0 radical (unpaired) electrons. The van der Waals surface area contributed by atoms with Gasteiger partial charge in [0.15, 0.2) is 0 Å². The lowest BCUT2D eigenvalue weighted by molar-refractivity contribution is 0.852. The average molecular weight is 227 g/mol. The molecule has 0 saturated heterocycles. The van der Waals surface area contributed by atoms with Crippen LogP contribution in [0.2, 0.25) is 0 Å². The van der Waals surface area contributed by atoms with E-state index < -0.39 is 0 Å². The minimum Gasteiger partial charge on any atom is -0.340 e. The Morgan fingerprint density at radius 1 is 1.00 bits per heavy atom. The van der Waals surface area contributed by atoms with E-state index in [9.17, 15) is 0 Å². The van der Waals surface area contributed by atoms with Gasteiger partial charge in [0.05, 0.1) is 0 Å². The van der Waals surface area contributed by atoms with Gasteiger partial charge in [-0.3, -0.25) is 0 Å². The van der Waals surface area contributed by atoms with Crippen molar-refractivity contribution in [1.29, 1.82) is 0 Å². The topological polar surface area (TPSA) is 29.0 Å². The van der Waals surface area contributed by atoms with Crippen LogP contribution in [0.4, 0.5) is 5.95 Å². The van der Waals surface area contributed by atoms with Crippen LogP contribution in [-0.4, -0.2) is 17.0 Å². The van der Waals surface area contributed by atoms with Crippen molar-refractivity contribution in [2.24, 2.45) is 0 Å². The van der Waals surface area contributed by atoms with Crippen LogP contribution in [0.15, 0.2) is 36.4 Å². The van der Waals surface area contributed by atoms with Gasteiger partial charge < -0.3 is 4.90 Å². The van der Waals surface area contributed by atoms with E-state index >= 15 is 0 Å². The van der Waals surface area contributed by atoms with Gasteiger partial charge in [0.1, 0.15) is 0 Å². The number of aryl methyl sites for hydroxylation is 2. The average Bonchev–Trinajstić information content (AvgIpc) is 2.29. The molecule has 0 unspecified atom stereocenters. The van der Waals surface area contributed by atoms with Gasteiger partial charge >= 0.3 is 0 Å². The van der Waals surface area contributed by atoms with E-state index in [0.29, 0.717) is 0 Å². The molecule has 17 heavy (non-hydrogen) atoms. The van der Waals surface area contributed by atoms with E-state index in [1.165, 1.54) is 5.56 Å². The molecule has 0 bridgehead atoms. The van der Waals surface area contributed by atoms with Gasteiger partial charge in [0.25, 0.3) is 0 Å². The van der Waals surface area contributed by atoms with E-state index in [4.69, 9.17) is 0 Å². The van der Waals surface area contributed by atoms with Crippen molar-refractivity contribution >= 4 is 5.95 Å². The number of anilines is 1. The zero-order valence-electron chi connectivity index (χ0n) is 10.5. The molecule has 2 rings (SSSR count). The van der Waals surface area contributed by atoms with Crippen molar-refractivity contribution in [3.63, 3.8) is 0 Å². The van der Waals surface area contributed by atoms with Crippen molar-refractivity contribution in [1.82, 2.24) is 9.97 Å². The van der Waals surface area contributed by atoms with E-state index in [0.717, 1.165) is 23.9 Å². The Morgan fingerprint density at radius 2 is 1.59 bits per heavy atom. The largest absolute Gasteiger partial charge is 0.340 e. The summed E-state index contributed by atoms with van der Waals surface area (Å²) in [4.78, 5) is 11.0. The molecule has 0 N–H and O–H groups in total. The van der Waals surface area contributed by atoms with Crippen LogP contribution in [0.5, 0.6) is 0 Å². The highest BCUT2D eigenvalue weighted by molar-refractivity contribution is 5.33. The maximum absolute atomic E-state index is 4.44. The fraction of sp³-hybridized carbons (Fsp3) is 0.286. The molecule has 0 spiro atoms. The summed E-state index contributed by atoms with van der Waals surface area (Å²) in [6.07, 6.45) is 0. The highest BCUT2D eigenvalue weighted by Gasteiger charge is 2.06. The van der Waals surface area contributed by atoms with Gasteiger partial charge in [0.2, 0.25) is 5.95 Å². The third kappa shape index (κ3) is 3.03. The molecule has 3 nitrogen and oxygen atoms in total. The first-order valence-electron chi connectivity index (χ1n) is 5.72. The standard InChI is InChI=1S/C14H17N3/c1-11-9-12(2)16-14(15-11)17(3)10-13-7-5-4-6-8-13/h4-9H,10H2,1-3H3. The minimum absolute atomic E-state index is 0.784. The quantitative estimate of drug-likeness (QED) is 0.807. The molecule has 0 atom stereocenters. The second-order valence-corrected chi connectivity index (χ2v) is 4.29. The van der Waals surface area contributed by atoms with Gasteiger partial charge in [-0.2, -0.15) is 0 Å². The maximum atomic E-state index is 4.44. The van der Waals surface area contributed by atoms with Gasteiger partial charge in [-0.25, -0.2) is 9.97 Å². The molecule has 2 aromatic rings. The van der Waals surface area contributed by atoms with Crippen LogP contribution in [0.3, 0.4) is 0 Å². The molecule has 1 aromatic heterocycles. The lowest BCUT2D eigenvalue weighted by Crippen LogP contribution is -2.19. The Morgan fingerprint density at radius 3 is 2.18 bits per heavy atom.